The number of fused-ring (bicyclic) bond motifs is 1. The summed E-state index contributed by atoms with van der Waals surface area (Å²) < 4.78 is 1.79. The molecule has 2 N–H and O–H groups in total. The molecule has 4 nitrogen and oxygen atoms in total. The summed E-state index contributed by atoms with van der Waals surface area (Å²) in [5, 5.41) is 0. The zero-order valence-corrected chi connectivity index (χ0v) is 11.8. The summed E-state index contributed by atoms with van der Waals surface area (Å²) in [4.78, 5) is 4.58. The van der Waals surface area contributed by atoms with E-state index in [1.54, 1.807) is 4.58 Å². The van der Waals surface area contributed by atoms with Gasteiger partial charge < -0.3 is 15.5 Å². The fourth-order valence-electron chi connectivity index (χ4n) is 2.28. The van der Waals surface area contributed by atoms with Crippen LogP contribution in [0.1, 0.15) is 5.56 Å². The quantitative estimate of drug-likeness (QED) is 0.493. The highest BCUT2D eigenvalue weighted by Crippen LogP contribution is 2.29. The highest BCUT2D eigenvalue weighted by Gasteiger charge is 2.18. The number of nitrogens with two attached hydrogens (primary N) is 1. The van der Waals surface area contributed by atoms with Gasteiger partial charge in [0.25, 0.3) is 0 Å². The van der Waals surface area contributed by atoms with E-state index in [0.717, 1.165) is 31.7 Å². The van der Waals surface area contributed by atoms with Gasteiger partial charge in [-0.2, -0.15) is 0 Å². The van der Waals surface area contributed by atoms with Crippen molar-refractivity contribution in [3.8, 4) is 0 Å². The zero-order valence-electron chi connectivity index (χ0n) is 11.8. The van der Waals surface area contributed by atoms with Crippen molar-refractivity contribution >= 4 is 18.1 Å². The summed E-state index contributed by atoms with van der Waals surface area (Å²) in [6.07, 6.45) is 5.12. The van der Waals surface area contributed by atoms with E-state index in [4.69, 9.17) is 5.73 Å². The average molecular weight is 259 g/mol. The highest BCUT2D eigenvalue weighted by molar-refractivity contribution is 5.64. The van der Waals surface area contributed by atoms with Crippen molar-refractivity contribution in [2.45, 2.75) is 6.42 Å². The van der Waals surface area contributed by atoms with Crippen LogP contribution in [0, 0.1) is 0 Å². The molecule has 0 amide bonds. The molecule has 0 bridgehead atoms. The van der Waals surface area contributed by atoms with Gasteiger partial charge in [0.15, 0.2) is 6.20 Å². The fraction of sp³-hybridized carbons (Fsp3) is 0.400. The Hall–Kier alpha value is -1.97. The van der Waals surface area contributed by atoms with E-state index in [2.05, 4.69) is 35.7 Å². The van der Waals surface area contributed by atoms with Crippen LogP contribution in [0.2, 0.25) is 0 Å². The lowest BCUT2D eigenvalue weighted by molar-refractivity contribution is -0.412. The normalized spacial score (nSPS) is 13.9. The van der Waals surface area contributed by atoms with Gasteiger partial charge in [-0.3, -0.25) is 0 Å². The first kappa shape index (κ1) is 13.5. The fourth-order valence-corrected chi connectivity index (χ4v) is 2.28. The van der Waals surface area contributed by atoms with Crippen LogP contribution < -0.4 is 10.6 Å². The summed E-state index contributed by atoms with van der Waals surface area (Å²) >= 11 is 0. The molecule has 1 aliphatic rings. The maximum atomic E-state index is 5.87. The molecule has 102 valence electrons. The van der Waals surface area contributed by atoms with Crippen LogP contribution in [0.5, 0.6) is 0 Å². The third-order valence-electron chi connectivity index (χ3n) is 3.40. The van der Waals surface area contributed by atoms with Gasteiger partial charge in [0.05, 0.1) is 6.20 Å². The van der Waals surface area contributed by atoms with E-state index in [0.29, 0.717) is 0 Å². The predicted octanol–water partition coefficient (Wildman–Crippen LogP) is 1.38. The lowest BCUT2D eigenvalue weighted by Gasteiger charge is -2.22. The van der Waals surface area contributed by atoms with Gasteiger partial charge in [0.2, 0.25) is 0 Å². The Balaban J connectivity index is 1.92. The van der Waals surface area contributed by atoms with Gasteiger partial charge in [-0.05, 0) is 24.1 Å². The van der Waals surface area contributed by atoms with E-state index >= 15 is 0 Å². The topological polar surface area (TPSA) is 35.5 Å². The second kappa shape index (κ2) is 5.78. The summed E-state index contributed by atoms with van der Waals surface area (Å²) in [6.45, 7) is 6.87. The van der Waals surface area contributed by atoms with Gasteiger partial charge in [-0.1, -0.05) is 6.07 Å². The van der Waals surface area contributed by atoms with Crippen molar-refractivity contribution in [2.24, 2.45) is 0 Å². The third-order valence-corrected chi connectivity index (χ3v) is 3.40. The minimum atomic E-state index is 0.845. The van der Waals surface area contributed by atoms with Crippen molar-refractivity contribution in [3.63, 3.8) is 0 Å². The van der Waals surface area contributed by atoms with E-state index in [-0.39, 0.29) is 0 Å². The number of benzene rings is 1. The molecule has 0 aliphatic carbocycles. The Morgan fingerprint density at radius 1 is 1.53 bits per heavy atom. The number of nitrogens with zero attached hydrogens (tertiary/aromatic N) is 3. The third kappa shape index (κ3) is 3.50. The second-order valence-electron chi connectivity index (χ2n) is 5.16. The molecule has 0 radical (unpaired) electrons. The van der Waals surface area contributed by atoms with Crippen molar-refractivity contribution < 1.29 is 4.58 Å². The van der Waals surface area contributed by atoms with Crippen LogP contribution in [0.3, 0.4) is 0 Å². The number of likely N-dealkylation sites (N-methyl/N-ethyl adjacent to an activating group) is 1. The first-order valence-corrected chi connectivity index (χ1v) is 6.61. The number of hydrogen-bond acceptors (Lipinski definition) is 3. The molecular weight excluding hydrogens is 236 g/mol. The minimum absolute atomic E-state index is 0.845. The van der Waals surface area contributed by atoms with Crippen LogP contribution in [0.15, 0.2) is 30.6 Å². The lowest BCUT2D eigenvalue weighted by Crippen LogP contribution is -2.30. The molecule has 1 heterocycles. The van der Waals surface area contributed by atoms with Gasteiger partial charge in [-0.25, -0.2) is 4.58 Å². The molecule has 0 saturated carbocycles. The number of hydrogen-bond donors (Lipinski definition) is 1. The molecule has 0 saturated heterocycles. The largest absolute Gasteiger partial charge is 0.399 e. The van der Waals surface area contributed by atoms with Gasteiger partial charge in [0, 0.05) is 38.1 Å². The van der Waals surface area contributed by atoms with Gasteiger partial charge >= 0.3 is 0 Å². The van der Waals surface area contributed by atoms with Gasteiger partial charge in [-0.15, -0.1) is 0 Å². The Labute approximate surface area is 115 Å². The molecule has 0 spiro atoms. The second-order valence-corrected chi connectivity index (χ2v) is 5.16. The predicted molar refractivity (Wildman–Crippen MR) is 81.8 cm³/mol. The highest BCUT2D eigenvalue weighted by atomic mass is 15.2. The number of nitrogen functional groups attached to an aromatic ring is 1. The van der Waals surface area contributed by atoms with E-state index in [1.165, 1.54) is 11.3 Å². The van der Waals surface area contributed by atoms with E-state index in [9.17, 15) is 0 Å². The van der Waals surface area contributed by atoms with Crippen LogP contribution >= 0.6 is 0 Å². The Kier molecular flexibility index (Phi) is 4.10. The first-order chi connectivity index (χ1) is 9.06. The first-order valence-electron chi connectivity index (χ1n) is 6.61. The smallest absolute Gasteiger partial charge is 0.183 e. The zero-order chi connectivity index (χ0) is 13.8. The van der Waals surface area contributed by atoms with E-state index < -0.39 is 0 Å². The van der Waals surface area contributed by atoms with Crippen molar-refractivity contribution in [1.29, 1.82) is 0 Å². The van der Waals surface area contributed by atoms with Crippen LogP contribution in [0.4, 0.5) is 11.4 Å². The molecule has 0 atom stereocenters. The summed E-state index contributed by atoms with van der Waals surface area (Å²) in [6, 6.07) is 6.22. The molecule has 0 aromatic heterocycles. The maximum absolute atomic E-state index is 5.87. The van der Waals surface area contributed by atoms with Crippen LogP contribution in [-0.2, 0) is 6.42 Å². The van der Waals surface area contributed by atoms with Crippen LogP contribution in [0.25, 0.3) is 0 Å². The standard InChI is InChI=1S/C15H23N4/c1-17(2)8-9-18(3)10-11-19-7-6-13-4-5-14(16)12-15(13)19/h4-5,8-9,12H,1,6-7,10-11,16H2,2-3H3/q+1. The summed E-state index contributed by atoms with van der Waals surface area (Å²) in [7, 11) is 4.00. The molecule has 0 unspecified atom stereocenters. The Morgan fingerprint density at radius 3 is 3.05 bits per heavy atom. The summed E-state index contributed by atoms with van der Waals surface area (Å²) in [5.41, 5.74) is 9.42. The Morgan fingerprint density at radius 2 is 2.32 bits per heavy atom. The van der Waals surface area contributed by atoms with Crippen LogP contribution in [-0.4, -0.2) is 49.9 Å². The van der Waals surface area contributed by atoms with Crippen molar-refractivity contribution in [2.75, 3.05) is 44.4 Å². The summed E-state index contributed by atoms with van der Waals surface area (Å²) in [5.74, 6) is 0. The Bertz CT molecular complexity index is 493. The molecule has 1 aromatic rings. The maximum Gasteiger partial charge on any atom is 0.183 e. The average Bonchev–Trinajstić information content (AvgIpc) is 2.76. The number of anilines is 2. The monoisotopic (exact) mass is 259 g/mol. The molecule has 0 fully saturated rings. The van der Waals surface area contributed by atoms with Crippen molar-refractivity contribution in [1.82, 2.24) is 4.90 Å². The number of rotatable bonds is 5. The molecule has 1 aromatic carbocycles. The minimum Gasteiger partial charge on any atom is -0.399 e. The molecule has 1 aliphatic heterocycles. The molecule has 2 rings (SSSR count). The lowest BCUT2D eigenvalue weighted by atomic mass is 10.1. The van der Waals surface area contributed by atoms with Gasteiger partial charge in [0.1, 0.15) is 13.8 Å². The molecule has 19 heavy (non-hydrogen) atoms. The molecular formula is C15H23N4+. The van der Waals surface area contributed by atoms with E-state index in [1.807, 2.05) is 25.5 Å². The molecule has 4 heteroatoms. The SMILES string of the molecule is C=[N+](C)C=CN(C)CCN1CCc2ccc(N)cc21. The van der Waals surface area contributed by atoms with Crippen molar-refractivity contribution in [3.05, 3.63) is 36.2 Å².